The Morgan fingerprint density at radius 3 is 2.65 bits per heavy atom. The second kappa shape index (κ2) is 9.15. The van der Waals surface area contributed by atoms with E-state index in [1.54, 1.807) is 31.4 Å². The lowest BCUT2D eigenvalue weighted by Crippen LogP contribution is -2.07. The molecule has 1 amide bonds. The largest absolute Gasteiger partial charge is 0.497 e. The molecule has 0 atom stereocenters. The molecule has 92 valence electrons. The maximum Gasteiger partial charge on any atom is 0.248 e. The van der Waals surface area contributed by atoms with Gasteiger partial charge in [0.05, 0.1) is 7.11 Å². The summed E-state index contributed by atoms with van der Waals surface area (Å²) in [6.07, 6.45) is 2.84. The Bertz CT molecular complexity index is 386. The van der Waals surface area contributed by atoms with Gasteiger partial charge in [-0.15, -0.1) is 0 Å². The molecule has 0 aliphatic carbocycles. The third kappa shape index (κ3) is 6.14. The summed E-state index contributed by atoms with van der Waals surface area (Å²) < 4.78 is 4.99. The SMILES string of the molecule is CC.COc1cccc(NC(=O)/C=C\C=O)c1. The van der Waals surface area contributed by atoms with Gasteiger partial charge in [-0.2, -0.15) is 0 Å². The molecule has 1 aromatic carbocycles. The molecule has 0 aliphatic heterocycles. The summed E-state index contributed by atoms with van der Waals surface area (Å²) in [7, 11) is 1.55. The summed E-state index contributed by atoms with van der Waals surface area (Å²) in [5.41, 5.74) is 0.620. The molecular formula is C13H17NO3. The Hall–Kier alpha value is -2.10. The lowest BCUT2D eigenvalue weighted by Gasteiger charge is -2.04. The van der Waals surface area contributed by atoms with E-state index in [1.807, 2.05) is 13.8 Å². The van der Waals surface area contributed by atoms with E-state index in [0.717, 1.165) is 12.2 Å². The number of hydrogen-bond acceptors (Lipinski definition) is 3. The summed E-state index contributed by atoms with van der Waals surface area (Å²) in [6.45, 7) is 4.00. The van der Waals surface area contributed by atoms with Crippen molar-refractivity contribution >= 4 is 17.9 Å². The zero-order valence-corrected chi connectivity index (χ0v) is 10.3. The number of anilines is 1. The second-order valence-electron chi connectivity index (χ2n) is 2.72. The molecule has 0 aliphatic rings. The number of hydrogen-bond donors (Lipinski definition) is 1. The Morgan fingerprint density at radius 1 is 1.35 bits per heavy atom. The average Bonchev–Trinajstić information content (AvgIpc) is 2.39. The van der Waals surface area contributed by atoms with Gasteiger partial charge in [0.1, 0.15) is 12.0 Å². The van der Waals surface area contributed by atoms with Gasteiger partial charge in [0.15, 0.2) is 0 Å². The van der Waals surface area contributed by atoms with E-state index in [0.29, 0.717) is 17.7 Å². The first-order valence-corrected chi connectivity index (χ1v) is 5.33. The number of carbonyl (C=O) groups excluding carboxylic acids is 2. The Kier molecular flexibility index (Phi) is 8.02. The van der Waals surface area contributed by atoms with E-state index in [2.05, 4.69) is 5.32 Å². The zero-order chi connectivity index (χ0) is 13.1. The van der Waals surface area contributed by atoms with Crippen LogP contribution in [-0.4, -0.2) is 19.3 Å². The average molecular weight is 235 g/mol. The molecule has 0 saturated carbocycles. The number of benzene rings is 1. The van der Waals surface area contributed by atoms with Crippen LogP contribution in [0.5, 0.6) is 5.75 Å². The number of allylic oxidation sites excluding steroid dienone is 1. The first-order chi connectivity index (χ1) is 8.26. The monoisotopic (exact) mass is 235 g/mol. The van der Waals surface area contributed by atoms with Gasteiger partial charge in [-0.1, -0.05) is 19.9 Å². The van der Waals surface area contributed by atoms with Gasteiger partial charge in [0.2, 0.25) is 5.91 Å². The van der Waals surface area contributed by atoms with Crippen LogP contribution in [0.15, 0.2) is 36.4 Å². The van der Waals surface area contributed by atoms with E-state index in [-0.39, 0.29) is 5.91 Å². The molecule has 17 heavy (non-hydrogen) atoms. The topological polar surface area (TPSA) is 55.4 Å². The van der Waals surface area contributed by atoms with Gasteiger partial charge in [0, 0.05) is 17.8 Å². The number of nitrogens with one attached hydrogen (secondary N) is 1. The highest BCUT2D eigenvalue weighted by Gasteiger charge is 1.98. The van der Waals surface area contributed by atoms with Crippen LogP contribution in [-0.2, 0) is 9.59 Å². The van der Waals surface area contributed by atoms with Crippen molar-refractivity contribution in [2.24, 2.45) is 0 Å². The molecule has 0 spiro atoms. The molecule has 0 fully saturated rings. The summed E-state index contributed by atoms with van der Waals surface area (Å²) in [5.74, 6) is 0.308. The van der Waals surface area contributed by atoms with Crippen molar-refractivity contribution in [1.29, 1.82) is 0 Å². The molecule has 1 N–H and O–H groups in total. The minimum Gasteiger partial charge on any atom is -0.497 e. The summed E-state index contributed by atoms with van der Waals surface area (Å²) in [4.78, 5) is 21.1. The molecule has 0 radical (unpaired) electrons. The van der Waals surface area contributed by atoms with Gasteiger partial charge in [0.25, 0.3) is 0 Å². The second-order valence-corrected chi connectivity index (χ2v) is 2.72. The minimum atomic E-state index is -0.352. The first kappa shape index (κ1) is 14.9. The van der Waals surface area contributed by atoms with Crippen molar-refractivity contribution < 1.29 is 14.3 Å². The normalized spacial score (nSPS) is 9.12. The third-order valence-electron chi connectivity index (χ3n) is 1.66. The maximum atomic E-state index is 11.2. The number of rotatable bonds is 4. The third-order valence-corrected chi connectivity index (χ3v) is 1.66. The Morgan fingerprint density at radius 2 is 2.06 bits per heavy atom. The summed E-state index contributed by atoms with van der Waals surface area (Å²) >= 11 is 0. The molecule has 0 bridgehead atoms. The molecule has 4 nitrogen and oxygen atoms in total. The molecule has 1 aromatic rings. The molecule has 4 heteroatoms. The van der Waals surface area contributed by atoms with Crippen LogP contribution >= 0.6 is 0 Å². The van der Waals surface area contributed by atoms with Gasteiger partial charge in [-0.05, 0) is 18.2 Å². The number of methoxy groups -OCH3 is 1. The highest BCUT2D eigenvalue weighted by molar-refractivity contribution is 6.01. The lowest BCUT2D eigenvalue weighted by atomic mass is 10.3. The predicted molar refractivity (Wildman–Crippen MR) is 68.2 cm³/mol. The van der Waals surface area contributed by atoms with Crippen molar-refractivity contribution in [2.75, 3.05) is 12.4 Å². The Labute approximate surface area is 101 Å². The number of ether oxygens (including phenoxy) is 1. The van der Waals surface area contributed by atoms with Crippen molar-refractivity contribution in [3.8, 4) is 5.75 Å². The molecule has 0 heterocycles. The van der Waals surface area contributed by atoms with Crippen LogP contribution in [0.1, 0.15) is 13.8 Å². The fourth-order valence-electron chi connectivity index (χ4n) is 1.01. The van der Waals surface area contributed by atoms with Crippen molar-refractivity contribution in [3.05, 3.63) is 36.4 Å². The highest BCUT2D eigenvalue weighted by atomic mass is 16.5. The highest BCUT2D eigenvalue weighted by Crippen LogP contribution is 2.16. The van der Waals surface area contributed by atoms with Crippen molar-refractivity contribution in [3.63, 3.8) is 0 Å². The van der Waals surface area contributed by atoms with Gasteiger partial charge in [-0.25, -0.2) is 0 Å². The maximum absolute atomic E-state index is 11.2. The van der Waals surface area contributed by atoms with E-state index in [4.69, 9.17) is 4.74 Å². The zero-order valence-electron chi connectivity index (χ0n) is 10.3. The van der Waals surface area contributed by atoms with Gasteiger partial charge in [-0.3, -0.25) is 9.59 Å². The van der Waals surface area contributed by atoms with Gasteiger partial charge >= 0.3 is 0 Å². The van der Waals surface area contributed by atoms with Crippen LogP contribution in [0.2, 0.25) is 0 Å². The van der Waals surface area contributed by atoms with E-state index in [9.17, 15) is 9.59 Å². The summed E-state index contributed by atoms with van der Waals surface area (Å²) in [5, 5.41) is 2.59. The lowest BCUT2D eigenvalue weighted by molar-refractivity contribution is -0.112. The van der Waals surface area contributed by atoms with Gasteiger partial charge < -0.3 is 10.1 Å². The van der Waals surface area contributed by atoms with Crippen molar-refractivity contribution in [1.82, 2.24) is 0 Å². The molecule has 1 rings (SSSR count). The summed E-state index contributed by atoms with van der Waals surface area (Å²) in [6, 6.07) is 6.95. The van der Waals surface area contributed by atoms with Crippen LogP contribution in [0, 0.1) is 0 Å². The first-order valence-electron chi connectivity index (χ1n) is 5.33. The Balaban J connectivity index is 0.00000121. The van der Waals surface area contributed by atoms with Crippen molar-refractivity contribution in [2.45, 2.75) is 13.8 Å². The van der Waals surface area contributed by atoms with Crippen LogP contribution in [0.4, 0.5) is 5.69 Å². The minimum absolute atomic E-state index is 0.352. The quantitative estimate of drug-likeness (QED) is 0.644. The number of amides is 1. The smallest absolute Gasteiger partial charge is 0.248 e. The number of carbonyl (C=O) groups is 2. The molecule has 0 saturated heterocycles. The van der Waals surface area contributed by atoms with E-state index < -0.39 is 0 Å². The fraction of sp³-hybridized carbons (Fsp3) is 0.231. The van der Waals surface area contributed by atoms with Crippen LogP contribution in [0.3, 0.4) is 0 Å². The van der Waals surface area contributed by atoms with E-state index in [1.165, 1.54) is 0 Å². The molecule has 0 aromatic heterocycles. The molecule has 0 unspecified atom stereocenters. The predicted octanol–water partition coefficient (Wildman–Crippen LogP) is 2.42. The molecular weight excluding hydrogens is 218 g/mol. The standard InChI is InChI=1S/C11H11NO3.C2H6/c1-15-10-5-2-4-9(8-10)12-11(14)6-3-7-13;1-2/h2-8H,1H3,(H,12,14);1-2H3/b6-3-;. The number of aldehydes is 1. The fourth-order valence-corrected chi connectivity index (χ4v) is 1.01. The van der Waals surface area contributed by atoms with E-state index >= 15 is 0 Å². The van der Waals surface area contributed by atoms with Crippen LogP contribution < -0.4 is 10.1 Å². The van der Waals surface area contributed by atoms with Crippen LogP contribution in [0.25, 0.3) is 0 Å².